The topological polar surface area (TPSA) is 60.3 Å². The number of anilines is 1. The molecule has 0 bridgehead atoms. The molecule has 0 spiro atoms. The van der Waals surface area contributed by atoms with Gasteiger partial charge in [-0.25, -0.2) is 4.68 Å². The molecule has 2 rings (SSSR count). The highest BCUT2D eigenvalue weighted by Gasteiger charge is 2.27. The normalized spacial score (nSPS) is 23.3. The Bertz CT molecular complexity index is 380. The third kappa shape index (κ3) is 2.94. The second-order valence-corrected chi connectivity index (χ2v) is 4.54. The second kappa shape index (κ2) is 6.06. The van der Waals surface area contributed by atoms with Crippen molar-refractivity contribution in [3.8, 4) is 5.88 Å². The molecule has 1 aromatic rings. The van der Waals surface area contributed by atoms with Crippen LogP contribution < -0.4 is 15.4 Å². The van der Waals surface area contributed by atoms with Gasteiger partial charge >= 0.3 is 0 Å². The second-order valence-electron chi connectivity index (χ2n) is 4.54. The van der Waals surface area contributed by atoms with Crippen molar-refractivity contribution in [1.29, 1.82) is 0 Å². The maximum absolute atomic E-state index is 5.51. The summed E-state index contributed by atoms with van der Waals surface area (Å²) in [6.07, 6.45) is 0. The first-order valence-corrected chi connectivity index (χ1v) is 6.37. The van der Waals surface area contributed by atoms with Crippen molar-refractivity contribution in [3.05, 3.63) is 6.07 Å². The molecule has 6 heteroatoms. The van der Waals surface area contributed by atoms with Gasteiger partial charge in [0.05, 0.1) is 20.3 Å². The zero-order valence-electron chi connectivity index (χ0n) is 11.3. The molecule has 0 aromatic carbocycles. The maximum Gasteiger partial charge on any atom is 0.213 e. The largest absolute Gasteiger partial charge is 0.481 e. The van der Waals surface area contributed by atoms with E-state index in [0.29, 0.717) is 12.0 Å². The molecular weight excluding hydrogens is 232 g/mol. The summed E-state index contributed by atoms with van der Waals surface area (Å²) in [4.78, 5) is 0. The summed E-state index contributed by atoms with van der Waals surface area (Å²) in [5, 5.41) is 11.1. The number of nitrogens with one attached hydrogen (secondary N) is 2. The summed E-state index contributed by atoms with van der Waals surface area (Å²) < 4.78 is 12.4. The van der Waals surface area contributed by atoms with Gasteiger partial charge in [0.1, 0.15) is 0 Å². The zero-order chi connectivity index (χ0) is 13.0. The minimum atomic E-state index is 0.438. The first-order chi connectivity index (χ1) is 8.74. The van der Waals surface area contributed by atoms with Crippen LogP contribution in [0.25, 0.3) is 0 Å². The molecule has 6 nitrogen and oxygen atoms in total. The van der Waals surface area contributed by atoms with E-state index in [2.05, 4.69) is 22.7 Å². The number of methoxy groups -OCH3 is 1. The van der Waals surface area contributed by atoms with Gasteiger partial charge in [-0.05, 0) is 6.54 Å². The average molecular weight is 254 g/mol. The Morgan fingerprint density at radius 3 is 3.06 bits per heavy atom. The molecule has 0 radical (unpaired) electrons. The van der Waals surface area contributed by atoms with Crippen LogP contribution in [0.15, 0.2) is 6.07 Å². The molecule has 0 amide bonds. The Hall–Kier alpha value is -1.27. The van der Waals surface area contributed by atoms with E-state index >= 15 is 0 Å². The predicted molar refractivity (Wildman–Crippen MR) is 70.0 cm³/mol. The minimum absolute atomic E-state index is 0.438. The van der Waals surface area contributed by atoms with E-state index in [0.717, 1.165) is 38.0 Å². The molecule has 1 saturated heterocycles. The number of nitrogens with zero attached hydrogens (tertiary/aromatic N) is 2. The van der Waals surface area contributed by atoms with Gasteiger partial charge in [-0.15, -0.1) is 0 Å². The summed E-state index contributed by atoms with van der Waals surface area (Å²) in [5.41, 5.74) is 0. The molecule has 0 aliphatic carbocycles. The molecular formula is C12H22N4O2. The van der Waals surface area contributed by atoms with Crippen LogP contribution in [0.5, 0.6) is 5.88 Å². The maximum atomic E-state index is 5.51. The summed E-state index contributed by atoms with van der Waals surface area (Å²) in [6.45, 7) is 5.55. The molecule has 18 heavy (non-hydrogen) atoms. The van der Waals surface area contributed by atoms with Crippen molar-refractivity contribution in [2.24, 2.45) is 13.0 Å². The molecule has 2 unspecified atom stereocenters. The Kier molecular flexibility index (Phi) is 4.43. The Morgan fingerprint density at radius 1 is 1.56 bits per heavy atom. The van der Waals surface area contributed by atoms with Gasteiger partial charge in [0, 0.05) is 31.6 Å². The van der Waals surface area contributed by atoms with Crippen LogP contribution in [-0.4, -0.2) is 49.2 Å². The average Bonchev–Trinajstić information content (AvgIpc) is 2.94. The van der Waals surface area contributed by atoms with E-state index in [9.17, 15) is 0 Å². The lowest BCUT2D eigenvalue weighted by molar-refractivity contribution is 0.183. The highest BCUT2D eigenvalue weighted by molar-refractivity contribution is 5.38. The highest BCUT2D eigenvalue weighted by atomic mass is 16.5. The van der Waals surface area contributed by atoms with E-state index in [1.807, 2.05) is 13.1 Å². The third-order valence-electron chi connectivity index (χ3n) is 3.26. The van der Waals surface area contributed by atoms with Crippen molar-refractivity contribution < 1.29 is 9.47 Å². The summed E-state index contributed by atoms with van der Waals surface area (Å²) in [7, 11) is 3.51. The van der Waals surface area contributed by atoms with Gasteiger partial charge in [-0.2, -0.15) is 5.10 Å². The summed E-state index contributed by atoms with van der Waals surface area (Å²) >= 11 is 0. The van der Waals surface area contributed by atoms with Crippen LogP contribution in [0, 0.1) is 5.92 Å². The molecule has 1 aliphatic rings. The Labute approximate surface area is 108 Å². The smallest absolute Gasteiger partial charge is 0.213 e. The van der Waals surface area contributed by atoms with Gasteiger partial charge < -0.3 is 20.1 Å². The Balaban J connectivity index is 1.86. The zero-order valence-corrected chi connectivity index (χ0v) is 11.3. The number of aryl methyl sites for hydroxylation is 1. The molecule has 2 atom stereocenters. The first-order valence-electron chi connectivity index (χ1n) is 6.37. The molecule has 1 aromatic heterocycles. The SMILES string of the molecule is CCNC1COCC1CNc1cc(OC)n(C)n1. The highest BCUT2D eigenvalue weighted by Crippen LogP contribution is 2.18. The number of hydrogen-bond donors (Lipinski definition) is 2. The number of hydrogen-bond acceptors (Lipinski definition) is 5. The van der Waals surface area contributed by atoms with Crippen molar-refractivity contribution in [2.75, 3.05) is 38.7 Å². The number of aromatic nitrogens is 2. The van der Waals surface area contributed by atoms with Crippen molar-refractivity contribution in [3.63, 3.8) is 0 Å². The fourth-order valence-corrected chi connectivity index (χ4v) is 2.25. The lowest BCUT2D eigenvalue weighted by Gasteiger charge is -2.18. The molecule has 0 saturated carbocycles. The van der Waals surface area contributed by atoms with Gasteiger partial charge in [0.2, 0.25) is 5.88 Å². The van der Waals surface area contributed by atoms with Crippen molar-refractivity contribution >= 4 is 5.82 Å². The Morgan fingerprint density at radius 2 is 2.39 bits per heavy atom. The lowest BCUT2D eigenvalue weighted by Crippen LogP contribution is -2.38. The van der Waals surface area contributed by atoms with Crippen LogP contribution in [0.1, 0.15) is 6.92 Å². The van der Waals surface area contributed by atoms with Crippen LogP contribution >= 0.6 is 0 Å². The fraction of sp³-hybridized carbons (Fsp3) is 0.750. The van der Waals surface area contributed by atoms with E-state index in [1.54, 1.807) is 11.8 Å². The molecule has 2 heterocycles. The van der Waals surface area contributed by atoms with E-state index in [-0.39, 0.29) is 0 Å². The van der Waals surface area contributed by atoms with Gasteiger partial charge in [-0.1, -0.05) is 6.92 Å². The van der Waals surface area contributed by atoms with Crippen LogP contribution in [0.2, 0.25) is 0 Å². The van der Waals surface area contributed by atoms with E-state index in [1.165, 1.54) is 0 Å². The lowest BCUT2D eigenvalue weighted by atomic mass is 10.0. The molecule has 2 N–H and O–H groups in total. The first kappa shape index (κ1) is 13.2. The third-order valence-corrected chi connectivity index (χ3v) is 3.26. The van der Waals surface area contributed by atoms with Crippen LogP contribution in [0.3, 0.4) is 0 Å². The predicted octanol–water partition coefficient (Wildman–Crippen LogP) is 0.465. The quantitative estimate of drug-likeness (QED) is 0.772. The van der Waals surface area contributed by atoms with Crippen LogP contribution in [0.4, 0.5) is 5.82 Å². The molecule has 102 valence electrons. The van der Waals surface area contributed by atoms with Gasteiger partial charge in [0.15, 0.2) is 5.82 Å². The van der Waals surface area contributed by atoms with Crippen molar-refractivity contribution in [1.82, 2.24) is 15.1 Å². The van der Waals surface area contributed by atoms with Crippen molar-refractivity contribution in [2.45, 2.75) is 13.0 Å². The monoisotopic (exact) mass is 254 g/mol. The van der Waals surface area contributed by atoms with Gasteiger partial charge in [-0.3, -0.25) is 0 Å². The number of ether oxygens (including phenoxy) is 2. The van der Waals surface area contributed by atoms with E-state index in [4.69, 9.17) is 9.47 Å². The van der Waals surface area contributed by atoms with Gasteiger partial charge in [0.25, 0.3) is 0 Å². The summed E-state index contributed by atoms with van der Waals surface area (Å²) in [6, 6.07) is 2.34. The van der Waals surface area contributed by atoms with E-state index < -0.39 is 0 Å². The standard InChI is InChI=1S/C12H22N4O2/c1-4-13-10-8-18-7-9(10)6-14-11-5-12(17-3)16(2)15-11/h5,9-10,13H,4,6-8H2,1-3H3,(H,14,15). The molecule has 1 aliphatic heterocycles. The fourth-order valence-electron chi connectivity index (χ4n) is 2.25. The van der Waals surface area contributed by atoms with Crippen LogP contribution in [-0.2, 0) is 11.8 Å². The minimum Gasteiger partial charge on any atom is -0.481 e. The summed E-state index contributed by atoms with van der Waals surface area (Å²) in [5.74, 6) is 2.08. The molecule has 1 fully saturated rings. The number of rotatable bonds is 6. The number of likely N-dealkylation sites (N-methyl/N-ethyl adjacent to an activating group) is 1.